The lowest BCUT2D eigenvalue weighted by Crippen LogP contribution is -2.62. The Balaban J connectivity index is 1.86. The van der Waals surface area contributed by atoms with Gasteiger partial charge in [-0.2, -0.15) is 9.83 Å². The molecule has 4 aromatic rings. The Hall–Kier alpha value is -3.37. The van der Waals surface area contributed by atoms with Crippen molar-refractivity contribution in [2.24, 2.45) is 0 Å². The van der Waals surface area contributed by atoms with Gasteiger partial charge < -0.3 is 10.4 Å². The number of aliphatic hydroxyl groups is 1. The summed E-state index contributed by atoms with van der Waals surface area (Å²) < 4.78 is 15.8. The molecule has 1 aliphatic rings. The second-order valence-electron chi connectivity index (χ2n) is 8.22. The first-order valence-corrected chi connectivity index (χ1v) is 11.5. The zero-order valence-corrected chi connectivity index (χ0v) is 19.5. The maximum Gasteiger partial charge on any atom is 0.227 e. The van der Waals surface area contributed by atoms with Gasteiger partial charge >= 0.3 is 0 Å². The first kappa shape index (κ1) is 22.4. The van der Waals surface area contributed by atoms with Crippen LogP contribution in [0.4, 0.5) is 4.39 Å². The van der Waals surface area contributed by atoms with Crippen LogP contribution in [0, 0.1) is 17.1 Å². The van der Waals surface area contributed by atoms with Crippen molar-refractivity contribution < 1.29 is 14.1 Å². The Bertz CT molecular complexity index is 1450. The Morgan fingerprint density at radius 2 is 1.76 bits per heavy atom. The minimum Gasteiger partial charge on any atom is -0.362 e. The normalized spacial score (nSPS) is 22.3. The van der Waals surface area contributed by atoms with Crippen molar-refractivity contribution in [1.82, 2.24) is 5.32 Å². The first-order valence-electron chi connectivity index (χ1n) is 10.7. The summed E-state index contributed by atoms with van der Waals surface area (Å²) in [5.74, 6) is -1.01. The standard InChI is InChI=1S/C27H19ClFN3OS/c28-20-10-13-23-18(15-20)5-4-14-32(23)25-24(17-8-11-21(29)12-9-17)22(16-30)26(34)31-27(25,33)19-6-2-1-3-7-19/h1-15,24-25,31,33H/p+1/t24-,25+,27+/m0/s1. The number of hydrogen-bond acceptors (Lipinski definition) is 4. The summed E-state index contributed by atoms with van der Waals surface area (Å²) in [4.78, 5) is 0. The molecule has 0 fully saturated rings. The molecule has 2 heterocycles. The predicted octanol–water partition coefficient (Wildman–Crippen LogP) is 5.36. The fourth-order valence-corrected chi connectivity index (χ4v) is 5.30. The Morgan fingerprint density at radius 3 is 2.47 bits per heavy atom. The number of nitrogens with one attached hydrogen (secondary N) is 1. The third kappa shape index (κ3) is 3.72. The summed E-state index contributed by atoms with van der Waals surface area (Å²) in [6.45, 7) is 0. The van der Waals surface area contributed by atoms with E-state index in [1.165, 1.54) is 12.1 Å². The quantitative estimate of drug-likeness (QED) is 0.269. The fraction of sp³-hybridized carbons (Fsp3) is 0.111. The van der Waals surface area contributed by atoms with Gasteiger partial charge in [-0.05, 0) is 35.9 Å². The van der Waals surface area contributed by atoms with E-state index in [9.17, 15) is 14.8 Å². The highest BCUT2D eigenvalue weighted by Crippen LogP contribution is 2.47. The molecule has 2 N–H and O–H groups in total. The lowest BCUT2D eigenvalue weighted by atomic mass is 9.75. The van der Waals surface area contributed by atoms with Crippen molar-refractivity contribution in [3.8, 4) is 6.07 Å². The zero-order valence-electron chi connectivity index (χ0n) is 17.9. The number of rotatable bonds is 3. The second kappa shape index (κ2) is 8.77. The van der Waals surface area contributed by atoms with Crippen molar-refractivity contribution >= 4 is 35.1 Å². The first-order chi connectivity index (χ1) is 16.4. The number of nitrogens with zero attached hydrogens (tertiary/aromatic N) is 2. The minimum absolute atomic E-state index is 0.267. The van der Waals surface area contributed by atoms with Crippen LogP contribution >= 0.6 is 24.2 Å². The molecule has 0 saturated carbocycles. The lowest BCUT2D eigenvalue weighted by Gasteiger charge is -2.42. The van der Waals surface area contributed by atoms with Crippen LogP contribution in [0.3, 0.4) is 0 Å². The number of aromatic nitrogens is 1. The molecule has 0 unspecified atom stereocenters. The van der Waals surface area contributed by atoms with Crippen molar-refractivity contribution in [3.05, 3.63) is 124 Å². The highest BCUT2D eigenvalue weighted by molar-refractivity contribution is 7.84. The van der Waals surface area contributed by atoms with E-state index in [2.05, 4.69) is 24.0 Å². The van der Waals surface area contributed by atoms with Crippen molar-refractivity contribution in [2.45, 2.75) is 17.7 Å². The van der Waals surface area contributed by atoms with E-state index in [0.717, 1.165) is 10.9 Å². The molecule has 0 aliphatic carbocycles. The molecule has 7 heteroatoms. The molecule has 1 aliphatic heterocycles. The average Bonchev–Trinajstić information content (AvgIpc) is 2.84. The summed E-state index contributed by atoms with van der Waals surface area (Å²) in [7, 11) is 0. The van der Waals surface area contributed by atoms with Crippen LogP contribution in [0.1, 0.15) is 23.1 Å². The largest absolute Gasteiger partial charge is 0.362 e. The number of benzene rings is 3. The van der Waals surface area contributed by atoms with Gasteiger partial charge in [0.05, 0.1) is 22.6 Å². The highest BCUT2D eigenvalue weighted by Gasteiger charge is 2.55. The maximum absolute atomic E-state index is 13.8. The number of nitriles is 1. The van der Waals surface area contributed by atoms with Crippen LogP contribution in [0.2, 0.25) is 5.02 Å². The molecular weight excluding hydrogens is 469 g/mol. The topological polar surface area (TPSA) is 59.9 Å². The number of fused-ring (bicyclic) bond motifs is 1. The van der Waals surface area contributed by atoms with Crippen LogP contribution in [0.5, 0.6) is 0 Å². The fourth-order valence-electron chi connectivity index (χ4n) is 4.76. The summed E-state index contributed by atoms with van der Waals surface area (Å²) in [6, 6.07) is 26.1. The van der Waals surface area contributed by atoms with Crippen LogP contribution in [-0.4, -0.2) is 5.11 Å². The molecule has 1 aromatic heterocycles. The number of hydrogen-bond donors (Lipinski definition) is 3. The molecule has 0 spiro atoms. The van der Waals surface area contributed by atoms with Gasteiger partial charge in [-0.25, -0.2) is 4.39 Å². The molecule has 3 aromatic carbocycles. The van der Waals surface area contributed by atoms with Gasteiger partial charge in [-0.15, -0.1) is 12.6 Å². The van der Waals surface area contributed by atoms with Crippen LogP contribution in [0.25, 0.3) is 10.9 Å². The second-order valence-corrected chi connectivity index (χ2v) is 9.11. The average molecular weight is 489 g/mol. The number of pyridine rings is 1. The molecule has 0 amide bonds. The SMILES string of the molecule is N#CC1=C(S)N[C@@](O)(c2ccccc2)[C@H]([n+]2cccc3cc(Cl)ccc32)[C@H]1c1ccc(F)cc1. The molecule has 0 bridgehead atoms. The van der Waals surface area contributed by atoms with Gasteiger partial charge in [0.15, 0.2) is 6.20 Å². The third-order valence-corrected chi connectivity index (χ3v) is 6.86. The van der Waals surface area contributed by atoms with E-state index in [1.807, 2.05) is 65.4 Å². The third-order valence-electron chi connectivity index (χ3n) is 6.27. The van der Waals surface area contributed by atoms with Gasteiger partial charge in [-0.3, -0.25) is 0 Å². The van der Waals surface area contributed by atoms with E-state index in [0.29, 0.717) is 21.7 Å². The van der Waals surface area contributed by atoms with Crippen molar-refractivity contribution in [3.63, 3.8) is 0 Å². The number of halogens is 2. The van der Waals surface area contributed by atoms with Crippen molar-refractivity contribution in [2.75, 3.05) is 0 Å². The molecule has 5 rings (SSSR count). The summed E-state index contributed by atoms with van der Waals surface area (Å²) in [6.07, 6.45) is 1.87. The van der Waals surface area contributed by atoms with Gasteiger partial charge in [0, 0.05) is 28.1 Å². The van der Waals surface area contributed by atoms with Gasteiger partial charge in [-0.1, -0.05) is 54.1 Å². The molecule has 0 saturated heterocycles. The maximum atomic E-state index is 13.8. The molecule has 4 nitrogen and oxygen atoms in total. The predicted molar refractivity (Wildman–Crippen MR) is 132 cm³/mol. The van der Waals surface area contributed by atoms with E-state index >= 15 is 0 Å². The summed E-state index contributed by atoms with van der Waals surface area (Å²) in [5.41, 5.74) is 0.813. The van der Waals surface area contributed by atoms with E-state index < -0.39 is 17.7 Å². The monoisotopic (exact) mass is 488 g/mol. The Kier molecular flexibility index (Phi) is 5.78. The minimum atomic E-state index is -1.64. The molecule has 168 valence electrons. The van der Waals surface area contributed by atoms with Gasteiger partial charge in [0.1, 0.15) is 5.82 Å². The summed E-state index contributed by atoms with van der Waals surface area (Å²) in [5, 5.41) is 27.3. The van der Waals surface area contributed by atoms with E-state index in [1.54, 1.807) is 18.2 Å². The molecule has 3 atom stereocenters. The smallest absolute Gasteiger partial charge is 0.227 e. The molecule has 0 radical (unpaired) electrons. The van der Waals surface area contributed by atoms with Crippen LogP contribution in [0.15, 0.2) is 102 Å². The molecular formula is C27H20ClFN3OS+. The number of thiol groups is 1. The zero-order chi connectivity index (χ0) is 23.9. The van der Waals surface area contributed by atoms with E-state index in [-0.39, 0.29) is 10.8 Å². The summed E-state index contributed by atoms with van der Waals surface area (Å²) >= 11 is 10.8. The Labute approximate surface area is 207 Å². The van der Waals surface area contributed by atoms with Crippen LogP contribution in [-0.2, 0) is 5.72 Å². The van der Waals surface area contributed by atoms with Gasteiger partial charge in [0.2, 0.25) is 17.3 Å². The Morgan fingerprint density at radius 1 is 1.03 bits per heavy atom. The highest BCUT2D eigenvalue weighted by atomic mass is 35.5. The molecule has 34 heavy (non-hydrogen) atoms. The number of allylic oxidation sites excluding steroid dienone is 1. The van der Waals surface area contributed by atoms with E-state index in [4.69, 9.17) is 11.6 Å². The lowest BCUT2D eigenvalue weighted by molar-refractivity contribution is -0.720. The van der Waals surface area contributed by atoms with Gasteiger partial charge in [0.25, 0.3) is 0 Å². The van der Waals surface area contributed by atoms with Crippen LogP contribution < -0.4 is 9.88 Å². The van der Waals surface area contributed by atoms with Crippen molar-refractivity contribution in [1.29, 1.82) is 5.26 Å².